The first-order valence-electron chi connectivity index (χ1n) is 33.6. The van der Waals surface area contributed by atoms with Gasteiger partial charge in [-0.05, 0) is 128 Å². The fraction of sp³-hybridized carbons (Fsp3) is 0.125. The minimum atomic E-state index is -1.53. The number of carbonyl (C=O) groups is 7. The molecule has 1 saturated heterocycles. The summed E-state index contributed by atoms with van der Waals surface area (Å²) in [6.07, 6.45) is 1.30. The topological polar surface area (TPSA) is 195 Å². The lowest BCUT2D eigenvalue weighted by molar-refractivity contribution is -0.139. The summed E-state index contributed by atoms with van der Waals surface area (Å²) in [4.78, 5) is 91.4. The summed E-state index contributed by atoms with van der Waals surface area (Å²) in [7, 11) is 0. The first-order chi connectivity index (χ1) is 50.8. The van der Waals surface area contributed by atoms with Crippen molar-refractivity contribution < 1.29 is 67.1 Å². The quantitative estimate of drug-likeness (QED) is 0.0275. The molecule has 104 heavy (non-hydrogen) atoms. The number of carbonyl (C=O) groups excluding carboxylic acids is 7. The Balaban J connectivity index is 0.000000196. The van der Waals surface area contributed by atoms with Gasteiger partial charge in [0.15, 0.2) is 30.7 Å². The van der Waals surface area contributed by atoms with Gasteiger partial charge >= 0.3 is 35.8 Å². The van der Waals surface area contributed by atoms with Crippen LogP contribution in [-0.4, -0.2) is 100 Å². The van der Waals surface area contributed by atoms with Gasteiger partial charge in [-0.1, -0.05) is 277 Å². The van der Waals surface area contributed by atoms with E-state index in [2.05, 4.69) is 15.9 Å². The number of hydrogen-bond donors (Lipinski definition) is 1. The lowest BCUT2D eigenvalue weighted by Gasteiger charge is -2.27. The molecule has 518 valence electrons. The largest absolute Gasteiger partial charge is 0.461 e. The van der Waals surface area contributed by atoms with Crippen molar-refractivity contribution in [1.82, 2.24) is 0 Å². The third kappa shape index (κ3) is 18.6. The number of aldehydes is 1. The first kappa shape index (κ1) is 72.0. The maximum absolute atomic E-state index is 13.5. The maximum atomic E-state index is 13.5. The molecule has 1 N–H and O–H groups in total. The lowest BCUT2D eigenvalue weighted by atomic mass is 9.90. The Kier molecular flexibility index (Phi) is 24.4. The number of allylic oxidation sites excluding steroid dienone is 2. The van der Waals surface area contributed by atoms with Crippen LogP contribution < -0.4 is 0 Å². The molecule has 1 heterocycles. The highest BCUT2D eigenvalue weighted by Gasteiger charge is 2.49. The molecule has 0 spiro atoms. The van der Waals surface area contributed by atoms with Crippen LogP contribution in [0.3, 0.4) is 0 Å². The van der Waals surface area contributed by atoms with Gasteiger partial charge in [-0.25, -0.2) is 28.8 Å². The highest BCUT2D eigenvalue weighted by atomic mass is 79.9. The molecule has 2 unspecified atom stereocenters. The highest BCUT2D eigenvalue weighted by Crippen LogP contribution is 2.39. The summed E-state index contributed by atoms with van der Waals surface area (Å²) in [6.45, 7) is -0.490. The molecule has 2 aliphatic rings. The predicted octanol–water partition coefficient (Wildman–Crippen LogP) is 17.7. The second-order valence-electron chi connectivity index (χ2n) is 24.4. The molecule has 1 aliphatic carbocycles. The zero-order valence-electron chi connectivity index (χ0n) is 56.0. The van der Waals surface area contributed by atoms with Crippen LogP contribution in [0.25, 0.3) is 55.6 Å². The van der Waals surface area contributed by atoms with Gasteiger partial charge in [-0.3, -0.25) is 4.79 Å². The normalized spacial score (nSPS) is 16.6. The number of ether oxygens (including phenoxy) is 6. The Morgan fingerprint density at radius 2 is 0.740 bits per heavy atom. The fourth-order valence-corrected chi connectivity index (χ4v) is 13.6. The summed E-state index contributed by atoms with van der Waals surface area (Å²) in [5.74, 6) is -3.89. The maximum Gasteiger partial charge on any atom is 0.338 e. The third-order valence-corrected chi connectivity index (χ3v) is 19.6. The second kappa shape index (κ2) is 35.2. The van der Waals surface area contributed by atoms with Crippen molar-refractivity contribution in [1.29, 1.82) is 0 Å². The smallest absolute Gasteiger partial charge is 0.338 e. The summed E-state index contributed by atoms with van der Waals surface area (Å²) < 4.78 is 34.5. The average Bonchev–Trinajstić information content (AvgIpc) is 1.68. The van der Waals surface area contributed by atoms with Crippen LogP contribution >= 0.6 is 27.7 Å². The molecule has 1 aliphatic heterocycles. The van der Waals surface area contributed by atoms with Gasteiger partial charge in [0.25, 0.3) is 0 Å². The molecular formula is C88H69BrO14S. The van der Waals surface area contributed by atoms with Crippen molar-refractivity contribution in [3.05, 3.63) is 361 Å². The van der Waals surface area contributed by atoms with Crippen molar-refractivity contribution in [3.8, 4) is 55.6 Å². The van der Waals surface area contributed by atoms with E-state index in [4.69, 9.17) is 28.4 Å². The average molecular weight is 1460 g/mol. The van der Waals surface area contributed by atoms with Crippen LogP contribution in [0, 0.1) is 0 Å². The molecule has 11 aromatic carbocycles. The second-order valence-corrected chi connectivity index (χ2v) is 26.9. The number of aliphatic hydroxyl groups is 1. The monoisotopic (exact) mass is 1460 g/mol. The number of thioether (sulfide) groups is 1. The number of benzene rings is 11. The Hall–Kier alpha value is -11.8. The van der Waals surface area contributed by atoms with E-state index in [1.54, 1.807) is 91.0 Å². The molecule has 0 radical (unpaired) electrons. The van der Waals surface area contributed by atoms with E-state index in [0.29, 0.717) is 23.8 Å². The van der Waals surface area contributed by atoms with Crippen LogP contribution in [-0.2, 0) is 38.0 Å². The third-order valence-electron chi connectivity index (χ3n) is 17.5. The van der Waals surface area contributed by atoms with Gasteiger partial charge in [0, 0.05) is 5.92 Å². The van der Waals surface area contributed by atoms with Crippen LogP contribution in [0.1, 0.15) is 69.7 Å². The van der Waals surface area contributed by atoms with Crippen molar-refractivity contribution in [2.75, 3.05) is 13.2 Å². The summed E-state index contributed by atoms with van der Waals surface area (Å²) in [5, 5.41) is 10.4. The molecule has 11 aromatic rings. The van der Waals surface area contributed by atoms with Crippen molar-refractivity contribution >= 4 is 69.8 Å². The van der Waals surface area contributed by atoms with Gasteiger partial charge < -0.3 is 33.5 Å². The van der Waals surface area contributed by atoms with E-state index in [1.165, 1.54) is 0 Å². The molecule has 0 bridgehead atoms. The summed E-state index contributed by atoms with van der Waals surface area (Å²) >= 11 is 4.48. The minimum Gasteiger partial charge on any atom is -0.461 e. The van der Waals surface area contributed by atoms with Crippen molar-refractivity contribution in [3.63, 3.8) is 0 Å². The van der Waals surface area contributed by atoms with E-state index >= 15 is 0 Å². The number of esters is 6. The predicted molar refractivity (Wildman–Crippen MR) is 405 cm³/mol. The molecule has 0 saturated carbocycles. The van der Waals surface area contributed by atoms with Gasteiger partial charge in [0.05, 0.1) is 43.5 Å². The Bertz CT molecular complexity index is 4780. The number of rotatable bonds is 23. The Morgan fingerprint density at radius 3 is 1.11 bits per heavy atom. The molecule has 16 heteroatoms. The molecule has 14 nitrogen and oxygen atoms in total. The van der Waals surface area contributed by atoms with Crippen LogP contribution in [0.5, 0.6) is 0 Å². The van der Waals surface area contributed by atoms with Gasteiger partial charge in [-0.2, -0.15) is 0 Å². The van der Waals surface area contributed by atoms with Crippen molar-refractivity contribution in [2.45, 2.75) is 52.3 Å². The van der Waals surface area contributed by atoms with E-state index in [-0.39, 0.29) is 41.4 Å². The number of halogens is 1. The van der Waals surface area contributed by atoms with Crippen molar-refractivity contribution in [2.24, 2.45) is 0 Å². The number of alkyl halides is 1. The number of hydrogen-bond acceptors (Lipinski definition) is 15. The summed E-state index contributed by atoms with van der Waals surface area (Å²) in [5.41, 5.74) is 11.2. The van der Waals surface area contributed by atoms with Crippen LogP contribution in [0.2, 0.25) is 0 Å². The Morgan fingerprint density at radius 1 is 0.404 bits per heavy atom. The van der Waals surface area contributed by atoms with E-state index < -0.39 is 75.7 Å². The standard InChI is InChI=1S/C44H35BrO7.C44H34O7S/c45-39(29-50-42(47)36-22-16-33(17-23-36)30-10-4-1-5-11-30)41(52-44(49)38-26-20-35(21-27-38)32-14-8-3-9-15-32)40(28-46)51-43(48)37-24-18-34(19-25-37)31-12-6-2-7-13-31;45-41(35-22-16-32(17-23-35)29-10-4-1-5-11-29)49-28-38-39(50-42(46)36-24-18-33(19-25-36)30-12-6-2-7-13-30)40(44(48)52-38)51-43(47)37-26-20-34(21-27-37)31-14-8-3-9-15-31/h1-16,18-28,33,39-41H,17,29H2;1-27,38-40,44,48H,28H2/t33?,39-,40+,41+;38-,39-,40+,44?/m10/s1. The molecular weight excluding hydrogens is 1390 g/mol. The van der Waals surface area contributed by atoms with Crippen LogP contribution in [0.15, 0.2) is 327 Å². The molecule has 8 atom stereocenters. The fourth-order valence-electron chi connectivity index (χ4n) is 11.8. The highest BCUT2D eigenvalue weighted by molar-refractivity contribution is 9.09. The zero-order valence-corrected chi connectivity index (χ0v) is 58.4. The number of aliphatic hydroxyl groups excluding tert-OH is 1. The van der Waals surface area contributed by atoms with E-state index in [0.717, 1.165) is 73.0 Å². The van der Waals surface area contributed by atoms with E-state index in [1.807, 2.05) is 231 Å². The van der Waals surface area contributed by atoms with Crippen LogP contribution in [0.4, 0.5) is 0 Å². The summed E-state index contributed by atoms with van der Waals surface area (Å²) in [6, 6.07) is 93.2. The van der Waals surface area contributed by atoms with E-state index in [9.17, 15) is 38.7 Å². The minimum absolute atomic E-state index is 0.143. The lowest BCUT2D eigenvalue weighted by Crippen LogP contribution is -2.44. The van der Waals surface area contributed by atoms with Gasteiger partial charge in [-0.15, -0.1) is 11.8 Å². The Labute approximate surface area is 614 Å². The molecule has 13 rings (SSSR count). The van der Waals surface area contributed by atoms with Gasteiger partial charge in [0.1, 0.15) is 18.6 Å². The van der Waals surface area contributed by atoms with Gasteiger partial charge in [0.2, 0.25) is 0 Å². The first-order valence-corrected chi connectivity index (χ1v) is 35.5. The zero-order chi connectivity index (χ0) is 72.2. The molecule has 0 aromatic heterocycles. The SMILES string of the molecule is O=C(OC[C@@H]1SC(O)[C@H](OC(=O)c2ccc(-c3ccccc3)cc2)[C@H]1OC(=O)c1ccc(-c2ccccc2)cc1)c1ccc(-c2ccccc2)cc1.O=C[C@H](OC(=O)c1ccc(-c2ccccc2)cc1)[C@@H](OC(=O)c1ccc(-c2ccccc2)cc1)[C@H](Br)COC(=O)C1=CCC(c2ccccc2)C=C1. The molecule has 1 fully saturated rings. The molecule has 0 amide bonds.